The van der Waals surface area contributed by atoms with E-state index in [0.29, 0.717) is 11.3 Å². The summed E-state index contributed by atoms with van der Waals surface area (Å²) in [6.07, 6.45) is 4.97. The molecule has 2 aromatic heterocycles. The second-order valence-electron chi connectivity index (χ2n) is 6.21. The Hall–Kier alpha value is -2.48. The summed E-state index contributed by atoms with van der Waals surface area (Å²) in [5.74, 6) is 0. The smallest absolute Gasteiger partial charge is 0.0726 e. The first kappa shape index (κ1) is 10.3. The lowest BCUT2D eigenvalue weighted by Crippen LogP contribution is -2.15. The predicted octanol–water partition coefficient (Wildman–Crippen LogP) is 4.76. The molecular formula is C20H18N2. The number of aromatic nitrogens is 2. The molecule has 108 valence electrons. The molecule has 0 saturated heterocycles. The van der Waals surface area contributed by atoms with E-state index in [1.165, 1.54) is 17.3 Å². The van der Waals surface area contributed by atoms with Crippen molar-refractivity contribution in [1.29, 1.82) is 0 Å². The minimum Gasteiger partial charge on any atom is -0.264 e. The van der Waals surface area contributed by atoms with Crippen molar-refractivity contribution in [2.75, 3.05) is 0 Å². The lowest BCUT2D eigenvalue weighted by molar-refractivity contribution is 0.657. The summed E-state index contributed by atoms with van der Waals surface area (Å²) in [6.45, 7) is 2.18. The summed E-state index contributed by atoms with van der Waals surface area (Å²) < 4.78 is 23.3. The highest BCUT2D eigenvalue weighted by Gasteiger charge is 2.35. The van der Waals surface area contributed by atoms with Gasteiger partial charge >= 0.3 is 0 Å². The minimum atomic E-state index is -2.20. The average molecular weight is 289 g/mol. The van der Waals surface area contributed by atoms with E-state index in [4.69, 9.17) is 4.11 Å². The molecule has 2 heterocycles. The molecule has 2 heteroatoms. The number of rotatable bonds is 1. The van der Waals surface area contributed by atoms with Crippen LogP contribution in [0.4, 0.5) is 0 Å². The van der Waals surface area contributed by atoms with Crippen LogP contribution in [-0.2, 0) is 5.41 Å². The van der Waals surface area contributed by atoms with Gasteiger partial charge in [-0.2, -0.15) is 0 Å². The third-order valence-corrected chi connectivity index (χ3v) is 4.56. The molecule has 0 amide bonds. The Kier molecular flexibility index (Phi) is 2.11. The molecular weight excluding hydrogens is 268 g/mol. The van der Waals surface area contributed by atoms with Crippen molar-refractivity contribution in [2.45, 2.75) is 26.1 Å². The van der Waals surface area contributed by atoms with Gasteiger partial charge in [0.15, 0.2) is 0 Å². The Labute approximate surface area is 135 Å². The van der Waals surface area contributed by atoms with E-state index in [2.05, 4.69) is 42.0 Å². The summed E-state index contributed by atoms with van der Waals surface area (Å²) in [4.78, 5) is 8.70. The van der Waals surface area contributed by atoms with Crippen molar-refractivity contribution in [3.05, 3.63) is 71.7 Å². The summed E-state index contributed by atoms with van der Waals surface area (Å²) in [6, 6.07) is 11.9. The molecule has 1 aromatic carbocycles. The maximum atomic E-state index is 7.77. The van der Waals surface area contributed by atoms with E-state index in [1.54, 1.807) is 12.3 Å². The molecule has 3 aromatic rings. The van der Waals surface area contributed by atoms with E-state index < -0.39 is 6.85 Å². The van der Waals surface area contributed by atoms with Crippen LogP contribution in [0.1, 0.15) is 34.7 Å². The van der Waals surface area contributed by atoms with Crippen molar-refractivity contribution in [3.8, 4) is 22.4 Å². The zero-order valence-electron chi connectivity index (χ0n) is 15.6. The van der Waals surface area contributed by atoms with Crippen molar-refractivity contribution < 1.29 is 4.11 Å². The van der Waals surface area contributed by atoms with Gasteiger partial charge in [-0.1, -0.05) is 38.1 Å². The summed E-state index contributed by atoms with van der Waals surface area (Å²) >= 11 is 0. The zero-order chi connectivity index (χ0) is 17.8. The maximum absolute atomic E-state index is 7.77. The third-order valence-electron chi connectivity index (χ3n) is 4.56. The van der Waals surface area contributed by atoms with E-state index in [-0.39, 0.29) is 11.0 Å². The molecule has 0 N–H and O–H groups in total. The van der Waals surface area contributed by atoms with Gasteiger partial charge in [-0.3, -0.25) is 9.97 Å². The Morgan fingerprint density at radius 3 is 2.68 bits per heavy atom. The van der Waals surface area contributed by atoms with Crippen LogP contribution in [-0.4, -0.2) is 9.97 Å². The Balaban J connectivity index is 1.94. The molecule has 0 radical (unpaired) electrons. The Morgan fingerprint density at radius 1 is 0.955 bits per heavy atom. The first-order valence-electron chi connectivity index (χ1n) is 8.85. The molecule has 1 aliphatic carbocycles. The van der Waals surface area contributed by atoms with Gasteiger partial charge in [-0.25, -0.2) is 0 Å². The van der Waals surface area contributed by atoms with E-state index in [9.17, 15) is 0 Å². The highest BCUT2D eigenvalue weighted by molar-refractivity contribution is 5.83. The van der Waals surface area contributed by atoms with Crippen LogP contribution in [0.3, 0.4) is 0 Å². The second kappa shape index (κ2) is 4.51. The molecule has 0 spiro atoms. The van der Waals surface area contributed by atoms with E-state index >= 15 is 0 Å². The van der Waals surface area contributed by atoms with Crippen LogP contribution < -0.4 is 0 Å². The minimum absolute atomic E-state index is 0.112. The van der Waals surface area contributed by atoms with Crippen molar-refractivity contribution in [3.63, 3.8) is 0 Å². The first-order valence-corrected chi connectivity index (χ1v) is 7.35. The molecule has 1 aliphatic rings. The van der Waals surface area contributed by atoms with Gasteiger partial charge in [0.2, 0.25) is 0 Å². The van der Waals surface area contributed by atoms with E-state index in [0.717, 1.165) is 11.1 Å². The molecule has 0 saturated carbocycles. The SMILES string of the molecule is [2H]C([2H])([2H])c1ccncc1-c1cc2c(cn1)C(C)(C)c1ccccc1-2. The number of pyridine rings is 2. The van der Waals surface area contributed by atoms with Crippen LogP contribution in [0.25, 0.3) is 22.4 Å². The van der Waals surface area contributed by atoms with Gasteiger partial charge in [-0.15, -0.1) is 0 Å². The highest BCUT2D eigenvalue weighted by atomic mass is 14.7. The van der Waals surface area contributed by atoms with Gasteiger partial charge in [0, 0.05) is 33.7 Å². The van der Waals surface area contributed by atoms with Crippen LogP contribution >= 0.6 is 0 Å². The lowest BCUT2D eigenvalue weighted by Gasteiger charge is -2.20. The fourth-order valence-electron chi connectivity index (χ4n) is 3.33. The van der Waals surface area contributed by atoms with Gasteiger partial charge in [0.25, 0.3) is 0 Å². The van der Waals surface area contributed by atoms with E-state index in [1.807, 2.05) is 18.3 Å². The predicted molar refractivity (Wildman–Crippen MR) is 89.8 cm³/mol. The number of hydrogen-bond donors (Lipinski definition) is 0. The van der Waals surface area contributed by atoms with Crippen LogP contribution in [0, 0.1) is 6.85 Å². The molecule has 0 atom stereocenters. The first-order chi connectivity index (χ1) is 11.8. The lowest BCUT2D eigenvalue weighted by atomic mass is 9.83. The van der Waals surface area contributed by atoms with Crippen molar-refractivity contribution in [1.82, 2.24) is 9.97 Å². The third kappa shape index (κ3) is 1.73. The van der Waals surface area contributed by atoms with Crippen LogP contribution in [0.2, 0.25) is 0 Å². The second-order valence-corrected chi connectivity index (χ2v) is 6.21. The van der Waals surface area contributed by atoms with Crippen molar-refractivity contribution in [2.24, 2.45) is 0 Å². The summed E-state index contributed by atoms with van der Waals surface area (Å²) in [5.41, 5.74) is 6.11. The quantitative estimate of drug-likeness (QED) is 0.645. The van der Waals surface area contributed by atoms with Crippen LogP contribution in [0.15, 0.2) is 55.0 Å². The standard InChI is InChI=1S/C20H18N2/c1-13-8-9-21-11-16(13)19-10-15-14-6-4-5-7-17(14)20(2,3)18(15)12-22-19/h4-12H,1-3H3/i1D3. The number of fused-ring (bicyclic) bond motifs is 3. The number of benzene rings is 1. The molecule has 0 bridgehead atoms. The zero-order valence-corrected chi connectivity index (χ0v) is 12.6. The van der Waals surface area contributed by atoms with Gasteiger partial charge in [0.1, 0.15) is 0 Å². The van der Waals surface area contributed by atoms with Crippen LogP contribution in [0.5, 0.6) is 0 Å². The normalized spacial score (nSPS) is 17.1. The highest BCUT2D eigenvalue weighted by Crippen LogP contribution is 2.48. The monoisotopic (exact) mass is 289 g/mol. The summed E-state index contributed by atoms with van der Waals surface area (Å²) in [5, 5.41) is 0. The largest absolute Gasteiger partial charge is 0.264 e. The number of nitrogens with zero attached hydrogens (tertiary/aromatic N) is 2. The molecule has 0 aliphatic heterocycles. The molecule has 0 unspecified atom stereocenters. The Bertz CT molecular complexity index is 975. The molecule has 22 heavy (non-hydrogen) atoms. The topological polar surface area (TPSA) is 25.8 Å². The van der Waals surface area contributed by atoms with Gasteiger partial charge in [0.05, 0.1) is 5.69 Å². The number of hydrogen-bond acceptors (Lipinski definition) is 2. The summed E-state index contributed by atoms with van der Waals surface area (Å²) in [7, 11) is 0. The van der Waals surface area contributed by atoms with Crippen molar-refractivity contribution >= 4 is 0 Å². The van der Waals surface area contributed by atoms with Gasteiger partial charge in [-0.05, 0) is 46.8 Å². The fraction of sp³-hybridized carbons (Fsp3) is 0.200. The van der Waals surface area contributed by atoms with Gasteiger partial charge < -0.3 is 0 Å². The average Bonchev–Trinajstić information content (AvgIpc) is 2.82. The Morgan fingerprint density at radius 2 is 1.82 bits per heavy atom. The maximum Gasteiger partial charge on any atom is 0.0726 e. The molecule has 2 nitrogen and oxygen atoms in total. The molecule has 4 rings (SSSR count). The fourth-order valence-corrected chi connectivity index (χ4v) is 3.33. The number of aryl methyl sites for hydroxylation is 1. The molecule has 0 fully saturated rings.